The van der Waals surface area contributed by atoms with Crippen molar-refractivity contribution in [2.75, 3.05) is 18.0 Å². The Morgan fingerprint density at radius 2 is 1.73 bits per heavy atom. The molecule has 1 aliphatic heterocycles. The van der Waals surface area contributed by atoms with Crippen LogP contribution in [0.25, 0.3) is 0 Å². The maximum absolute atomic E-state index is 14.3. The van der Waals surface area contributed by atoms with Gasteiger partial charge in [0.25, 0.3) is 0 Å². The van der Waals surface area contributed by atoms with E-state index in [0.717, 1.165) is 53.1 Å². The minimum atomic E-state index is -4.12. The lowest BCUT2D eigenvalue weighted by Gasteiger charge is -2.45. The summed E-state index contributed by atoms with van der Waals surface area (Å²) in [7, 11) is -4.12. The predicted octanol–water partition coefficient (Wildman–Crippen LogP) is 4.10. The van der Waals surface area contributed by atoms with Crippen LogP contribution >= 0.6 is 12.6 Å². The molecule has 1 saturated heterocycles. The molecule has 1 heterocycles. The van der Waals surface area contributed by atoms with Crippen LogP contribution in [0, 0.1) is 11.7 Å². The van der Waals surface area contributed by atoms with Crippen LogP contribution < -0.4 is 4.90 Å². The SMILES string of the molecule is O=C1CN(S(=O)(=O)c2ccccc2F)CC(C2CCCCC2)N1c1cccc(S)c1. The summed E-state index contributed by atoms with van der Waals surface area (Å²) in [5.41, 5.74) is 0.728. The molecular weight excluding hydrogens is 423 g/mol. The summed E-state index contributed by atoms with van der Waals surface area (Å²) in [5, 5.41) is 0. The standard InChI is InChI=1S/C22H25FN2O3S2/c23-19-11-4-5-12-21(19)30(27,28)24-14-20(16-7-2-1-3-8-16)25(22(26)15-24)17-9-6-10-18(29)13-17/h4-6,9-13,16,20,29H,1-3,7-8,14-15H2. The Balaban J connectivity index is 1.71. The smallest absolute Gasteiger partial charge is 0.246 e. The second-order valence-electron chi connectivity index (χ2n) is 7.98. The molecular formula is C22H25FN2O3S2. The summed E-state index contributed by atoms with van der Waals surface area (Å²) >= 11 is 4.40. The number of hydrogen-bond acceptors (Lipinski definition) is 4. The molecule has 1 aliphatic carbocycles. The highest BCUT2D eigenvalue weighted by Gasteiger charge is 2.43. The summed E-state index contributed by atoms with van der Waals surface area (Å²) < 4.78 is 41.8. The van der Waals surface area contributed by atoms with Crippen LogP contribution in [0.3, 0.4) is 0 Å². The predicted molar refractivity (Wildman–Crippen MR) is 117 cm³/mol. The highest BCUT2D eigenvalue weighted by Crippen LogP contribution is 2.36. The monoisotopic (exact) mass is 448 g/mol. The van der Waals surface area contributed by atoms with E-state index in [1.54, 1.807) is 4.90 Å². The van der Waals surface area contributed by atoms with Crippen molar-refractivity contribution in [3.8, 4) is 0 Å². The van der Waals surface area contributed by atoms with Crippen molar-refractivity contribution in [2.45, 2.75) is 47.9 Å². The van der Waals surface area contributed by atoms with E-state index in [1.807, 2.05) is 24.3 Å². The number of hydrogen-bond donors (Lipinski definition) is 1. The van der Waals surface area contributed by atoms with E-state index >= 15 is 0 Å². The van der Waals surface area contributed by atoms with Gasteiger partial charge in [0.15, 0.2) is 0 Å². The Labute approximate surface area is 182 Å². The second kappa shape index (κ2) is 8.69. The van der Waals surface area contributed by atoms with Gasteiger partial charge in [-0.05, 0) is 49.1 Å². The fourth-order valence-electron chi connectivity index (χ4n) is 4.60. The number of sulfonamides is 1. The van der Waals surface area contributed by atoms with E-state index in [9.17, 15) is 17.6 Å². The summed E-state index contributed by atoms with van der Waals surface area (Å²) in [4.78, 5) is 15.3. The van der Waals surface area contributed by atoms with Crippen LogP contribution in [0.15, 0.2) is 58.3 Å². The average molecular weight is 449 g/mol. The van der Waals surface area contributed by atoms with Gasteiger partial charge in [-0.3, -0.25) is 4.79 Å². The lowest BCUT2D eigenvalue weighted by molar-refractivity contribution is -0.121. The highest BCUT2D eigenvalue weighted by atomic mass is 32.2. The Morgan fingerprint density at radius 3 is 2.43 bits per heavy atom. The van der Waals surface area contributed by atoms with Gasteiger partial charge in [0, 0.05) is 17.1 Å². The molecule has 1 amide bonds. The number of carbonyl (C=O) groups is 1. The first-order chi connectivity index (χ1) is 14.4. The lowest BCUT2D eigenvalue weighted by Crippen LogP contribution is -2.60. The highest BCUT2D eigenvalue weighted by molar-refractivity contribution is 7.89. The van der Waals surface area contributed by atoms with Crippen molar-refractivity contribution in [2.24, 2.45) is 5.92 Å². The molecule has 0 bridgehead atoms. The quantitative estimate of drug-likeness (QED) is 0.717. The minimum absolute atomic E-state index is 0.157. The second-order valence-corrected chi connectivity index (χ2v) is 10.4. The van der Waals surface area contributed by atoms with E-state index in [4.69, 9.17) is 0 Å². The Bertz CT molecular complexity index is 1040. The van der Waals surface area contributed by atoms with Crippen LogP contribution in [0.4, 0.5) is 10.1 Å². The molecule has 30 heavy (non-hydrogen) atoms. The first kappa shape index (κ1) is 21.3. The van der Waals surface area contributed by atoms with Crippen molar-refractivity contribution in [3.63, 3.8) is 0 Å². The van der Waals surface area contributed by atoms with Crippen molar-refractivity contribution in [1.82, 2.24) is 4.31 Å². The number of amides is 1. The van der Waals surface area contributed by atoms with Gasteiger partial charge in [-0.15, -0.1) is 12.6 Å². The van der Waals surface area contributed by atoms with Crippen LogP contribution in [0.2, 0.25) is 0 Å². The third-order valence-electron chi connectivity index (χ3n) is 6.06. The number of benzene rings is 2. The number of piperazine rings is 1. The number of carbonyl (C=O) groups excluding carboxylic acids is 1. The molecule has 2 aromatic rings. The summed E-state index contributed by atoms with van der Waals surface area (Å²) in [6.07, 6.45) is 5.18. The molecule has 2 aliphatic rings. The maximum atomic E-state index is 14.3. The Kier molecular flexibility index (Phi) is 6.18. The number of halogens is 1. The lowest BCUT2D eigenvalue weighted by atomic mass is 9.82. The van der Waals surface area contributed by atoms with Crippen molar-refractivity contribution < 1.29 is 17.6 Å². The largest absolute Gasteiger partial charge is 0.307 e. The molecule has 0 aromatic heterocycles. The van der Waals surface area contributed by atoms with Crippen LogP contribution in [-0.4, -0.2) is 37.8 Å². The van der Waals surface area contributed by atoms with E-state index < -0.39 is 15.8 Å². The van der Waals surface area contributed by atoms with Gasteiger partial charge < -0.3 is 4.90 Å². The zero-order chi connectivity index (χ0) is 21.3. The fourth-order valence-corrected chi connectivity index (χ4v) is 6.29. The molecule has 0 radical (unpaired) electrons. The first-order valence-electron chi connectivity index (χ1n) is 10.2. The molecule has 2 fully saturated rings. The number of nitrogens with zero attached hydrogens (tertiary/aromatic N) is 2. The van der Waals surface area contributed by atoms with Crippen LogP contribution in [-0.2, 0) is 14.8 Å². The molecule has 0 spiro atoms. The molecule has 2 aromatic carbocycles. The average Bonchev–Trinajstić information content (AvgIpc) is 2.74. The minimum Gasteiger partial charge on any atom is -0.307 e. The van der Waals surface area contributed by atoms with Crippen LogP contribution in [0.5, 0.6) is 0 Å². The van der Waals surface area contributed by atoms with Crippen molar-refractivity contribution >= 4 is 34.2 Å². The van der Waals surface area contributed by atoms with Crippen molar-refractivity contribution in [1.29, 1.82) is 0 Å². The van der Waals surface area contributed by atoms with E-state index in [2.05, 4.69) is 12.6 Å². The number of rotatable bonds is 4. The fraction of sp³-hybridized carbons (Fsp3) is 0.409. The van der Waals surface area contributed by atoms with Gasteiger partial charge in [0.1, 0.15) is 10.7 Å². The van der Waals surface area contributed by atoms with Gasteiger partial charge >= 0.3 is 0 Å². The zero-order valence-electron chi connectivity index (χ0n) is 16.6. The summed E-state index contributed by atoms with van der Waals surface area (Å²) in [6.45, 7) is -0.152. The first-order valence-corrected chi connectivity index (χ1v) is 12.1. The summed E-state index contributed by atoms with van der Waals surface area (Å²) in [6, 6.07) is 12.4. The van der Waals surface area contributed by atoms with Crippen molar-refractivity contribution in [3.05, 3.63) is 54.3 Å². The number of thiol groups is 1. The third kappa shape index (κ3) is 4.13. The molecule has 1 unspecified atom stereocenters. The van der Waals surface area contributed by atoms with Gasteiger partial charge in [0.2, 0.25) is 15.9 Å². The van der Waals surface area contributed by atoms with E-state index in [0.29, 0.717) is 0 Å². The molecule has 160 valence electrons. The molecule has 1 saturated carbocycles. The van der Waals surface area contributed by atoms with Gasteiger partial charge in [0.05, 0.1) is 12.6 Å². The number of anilines is 1. The van der Waals surface area contributed by atoms with E-state index in [1.165, 1.54) is 18.2 Å². The van der Waals surface area contributed by atoms with E-state index in [-0.39, 0.29) is 35.9 Å². The normalized spacial score (nSPS) is 21.7. The zero-order valence-corrected chi connectivity index (χ0v) is 18.3. The Morgan fingerprint density at radius 1 is 1.00 bits per heavy atom. The molecule has 0 N–H and O–H groups in total. The van der Waals surface area contributed by atoms with Crippen LogP contribution in [0.1, 0.15) is 32.1 Å². The van der Waals surface area contributed by atoms with Gasteiger partial charge in [-0.1, -0.05) is 37.5 Å². The Hall–Kier alpha value is -1.90. The molecule has 4 rings (SSSR count). The molecule has 8 heteroatoms. The molecule has 1 atom stereocenters. The van der Waals surface area contributed by atoms with Gasteiger partial charge in [-0.25, -0.2) is 12.8 Å². The van der Waals surface area contributed by atoms with Gasteiger partial charge in [-0.2, -0.15) is 4.31 Å². The maximum Gasteiger partial charge on any atom is 0.246 e. The third-order valence-corrected chi connectivity index (χ3v) is 8.18. The summed E-state index contributed by atoms with van der Waals surface area (Å²) in [5.74, 6) is -0.898. The molecule has 5 nitrogen and oxygen atoms in total. The topological polar surface area (TPSA) is 57.7 Å².